The second-order valence-electron chi connectivity index (χ2n) is 13.0. The largest absolute Gasteiger partial charge is 0.376 e. The van der Waals surface area contributed by atoms with Crippen LogP contribution in [0.2, 0.25) is 0 Å². The molecule has 0 aliphatic carbocycles. The molecule has 0 bridgehead atoms. The highest BCUT2D eigenvalue weighted by Crippen LogP contribution is 2.24. The van der Waals surface area contributed by atoms with E-state index < -0.39 is 0 Å². The van der Waals surface area contributed by atoms with Gasteiger partial charge in [0.05, 0.1) is 24.4 Å². The molecule has 0 atom stereocenters. The van der Waals surface area contributed by atoms with Crippen molar-refractivity contribution in [1.82, 2.24) is 0 Å². The van der Waals surface area contributed by atoms with E-state index in [1.165, 1.54) is 38.5 Å². The van der Waals surface area contributed by atoms with E-state index in [-0.39, 0.29) is 0 Å². The van der Waals surface area contributed by atoms with Crippen molar-refractivity contribution in [1.29, 1.82) is 0 Å². The van der Waals surface area contributed by atoms with Crippen molar-refractivity contribution in [2.75, 3.05) is 0 Å². The monoisotopic (exact) mass is 456 g/mol. The van der Waals surface area contributed by atoms with E-state index in [2.05, 4.69) is 96.9 Å². The van der Waals surface area contributed by atoms with Crippen LogP contribution in [0.25, 0.3) is 0 Å². The third-order valence-electron chi connectivity index (χ3n) is 5.26. The van der Waals surface area contributed by atoms with Crippen molar-refractivity contribution in [3.63, 3.8) is 0 Å². The third kappa shape index (κ3) is 24.6. The molecule has 0 heterocycles. The summed E-state index contributed by atoms with van der Waals surface area (Å²) in [6.45, 7) is 31.7. The maximum atomic E-state index is 6.49. The van der Waals surface area contributed by atoms with Gasteiger partial charge >= 0.3 is 0 Å². The van der Waals surface area contributed by atoms with Crippen LogP contribution in [0.3, 0.4) is 0 Å². The molecule has 2 nitrogen and oxygen atoms in total. The minimum absolute atomic E-state index is 0.363. The second kappa shape index (κ2) is 19.2. The molecule has 0 N–H and O–H groups in total. The molecule has 0 aromatic heterocycles. The van der Waals surface area contributed by atoms with Gasteiger partial charge in [0.25, 0.3) is 0 Å². The first-order valence-electron chi connectivity index (χ1n) is 13.9. The van der Waals surface area contributed by atoms with Crippen LogP contribution in [0.5, 0.6) is 0 Å². The van der Waals surface area contributed by atoms with Crippen LogP contribution >= 0.6 is 0 Å². The van der Waals surface area contributed by atoms with Gasteiger partial charge in [-0.25, -0.2) is 0 Å². The summed E-state index contributed by atoms with van der Waals surface area (Å²) in [5.74, 6) is 4.38. The van der Waals surface area contributed by atoms with E-state index in [1.807, 2.05) is 0 Å². The van der Waals surface area contributed by atoms with Gasteiger partial charge in [0.2, 0.25) is 0 Å². The molecular weight excluding hydrogens is 392 g/mol. The Balaban J connectivity index is 0. The summed E-state index contributed by atoms with van der Waals surface area (Å²) in [7, 11) is 0. The lowest BCUT2D eigenvalue weighted by Gasteiger charge is -2.29. The minimum atomic E-state index is 0.363. The van der Waals surface area contributed by atoms with Crippen LogP contribution in [0.15, 0.2) is 0 Å². The Morgan fingerprint density at radius 3 is 0.656 bits per heavy atom. The average molecular weight is 457 g/mol. The normalized spacial score (nSPS) is 12.8. The maximum Gasteiger partial charge on any atom is 0.0583 e. The van der Waals surface area contributed by atoms with Crippen molar-refractivity contribution in [2.45, 2.75) is 160 Å². The minimum Gasteiger partial charge on any atom is -0.376 e. The Bertz CT molecular complexity index is 330. The van der Waals surface area contributed by atoms with Crippen molar-refractivity contribution >= 4 is 0 Å². The second-order valence-corrected chi connectivity index (χ2v) is 13.0. The molecule has 32 heavy (non-hydrogen) atoms. The van der Waals surface area contributed by atoms with Gasteiger partial charge in [-0.1, -0.05) is 83.1 Å². The molecule has 0 saturated heterocycles. The van der Waals surface area contributed by atoms with Gasteiger partial charge in [0.15, 0.2) is 0 Å². The lowest BCUT2D eigenvalue weighted by atomic mass is 9.95. The van der Waals surface area contributed by atoms with Crippen LogP contribution in [0.1, 0.15) is 135 Å². The van der Waals surface area contributed by atoms with Gasteiger partial charge < -0.3 is 9.47 Å². The molecule has 0 radical (unpaired) electrons. The lowest BCUT2D eigenvalue weighted by molar-refractivity contribution is -0.0484. The number of ether oxygens (including phenoxy) is 2. The van der Waals surface area contributed by atoms with Crippen molar-refractivity contribution in [2.24, 2.45) is 35.5 Å². The number of rotatable bonds is 16. The molecule has 0 aromatic carbocycles. The zero-order valence-electron chi connectivity index (χ0n) is 24.8. The lowest BCUT2D eigenvalue weighted by Crippen LogP contribution is -2.27. The topological polar surface area (TPSA) is 18.5 Å². The van der Waals surface area contributed by atoms with E-state index in [0.29, 0.717) is 24.4 Å². The maximum absolute atomic E-state index is 6.49. The van der Waals surface area contributed by atoms with Crippen molar-refractivity contribution in [3.8, 4) is 0 Å². The van der Waals surface area contributed by atoms with E-state index in [9.17, 15) is 0 Å². The molecule has 0 saturated carbocycles. The molecule has 0 aromatic rings. The number of hydrogen-bond acceptors (Lipinski definition) is 2. The van der Waals surface area contributed by atoms with Crippen LogP contribution in [-0.4, -0.2) is 24.4 Å². The van der Waals surface area contributed by atoms with Gasteiger partial charge in [-0.15, -0.1) is 0 Å². The third-order valence-corrected chi connectivity index (χ3v) is 5.26. The Kier molecular flexibility index (Phi) is 20.5. The summed E-state index contributed by atoms with van der Waals surface area (Å²) < 4.78 is 12.4. The molecule has 2 heteroatoms. The van der Waals surface area contributed by atoms with E-state index in [0.717, 1.165) is 35.5 Å². The fourth-order valence-corrected chi connectivity index (χ4v) is 4.43. The molecule has 0 aliphatic heterocycles. The smallest absolute Gasteiger partial charge is 0.0583 e. The Morgan fingerprint density at radius 2 is 0.500 bits per heavy atom. The highest BCUT2D eigenvalue weighted by molar-refractivity contribution is 4.70. The molecule has 0 unspecified atom stereocenters. The Morgan fingerprint density at radius 1 is 0.312 bits per heavy atom. The van der Waals surface area contributed by atoms with Gasteiger partial charge in [-0.05, 0) is 87.9 Å². The highest BCUT2D eigenvalue weighted by Gasteiger charge is 2.21. The summed E-state index contributed by atoms with van der Waals surface area (Å²) >= 11 is 0. The standard InChI is InChI=1S/C18H38O.C12H26O/c1-13(2)9-17(10-14(3)4)19-18(11-15(5)6)12-16(7)8;1-9(2)7-12(8-10(3)4)13-11(5)6/h13-18H,9-12H2,1-8H3;9-12H,7-8H2,1-6H3. The zero-order valence-corrected chi connectivity index (χ0v) is 24.8. The molecule has 0 rings (SSSR count). The van der Waals surface area contributed by atoms with Gasteiger partial charge in [0, 0.05) is 0 Å². The van der Waals surface area contributed by atoms with E-state index in [1.54, 1.807) is 0 Å². The fraction of sp³-hybridized carbons (Fsp3) is 1.00. The average Bonchev–Trinajstić information content (AvgIpc) is 2.50. The Labute approximate surface area is 205 Å². The zero-order chi connectivity index (χ0) is 25.4. The van der Waals surface area contributed by atoms with E-state index >= 15 is 0 Å². The molecule has 0 fully saturated rings. The van der Waals surface area contributed by atoms with Gasteiger partial charge in [-0.2, -0.15) is 0 Å². The van der Waals surface area contributed by atoms with Crippen molar-refractivity contribution in [3.05, 3.63) is 0 Å². The quantitative estimate of drug-likeness (QED) is 0.230. The summed E-state index contributed by atoms with van der Waals surface area (Å²) in [6.07, 6.45) is 8.89. The first kappa shape index (κ1) is 34.1. The summed E-state index contributed by atoms with van der Waals surface area (Å²) in [5.41, 5.74) is 0. The van der Waals surface area contributed by atoms with Crippen LogP contribution in [0, 0.1) is 35.5 Å². The molecular formula is C30H64O2. The first-order valence-corrected chi connectivity index (χ1v) is 13.9. The summed E-state index contributed by atoms with van der Waals surface area (Å²) in [4.78, 5) is 0. The highest BCUT2D eigenvalue weighted by atomic mass is 16.5. The summed E-state index contributed by atoms with van der Waals surface area (Å²) in [5, 5.41) is 0. The number of hydrogen-bond donors (Lipinski definition) is 0. The summed E-state index contributed by atoms with van der Waals surface area (Å²) in [6, 6.07) is 0. The van der Waals surface area contributed by atoms with Crippen molar-refractivity contribution < 1.29 is 9.47 Å². The predicted molar refractivity (Wildman–Crippen MR) is 145 cm³/mol. The van der Waals surface area contributed by atoms with Crippen LogP contribution in [0.4, 0.5) is 0 Å². The fourth-order valence-electron chi connectivity index (χ4n) is 4.43. The SMILES string of the molecule is CC(C)CC(CC(C)C)OC(C)C.CC(C)CC(CC(C)C)OC(CC(C)C)CC(C)C. The molecule has 0 amide bonds. The van der Waals surface area contributed by atoms with Crippen LogP contribution < -0.4 is 0 Å². The molecule has 0 aliphatic rings. The van der Waals surface area contributed by atoms with Gasteiger partial charge in [0.1, 0.15) is 0 Å². The van der Waals surface area contributed by atoms with Gasteiger partial charge in [-0.3, -0.25) is 0 Å². The molecule has 0 spiro atoms. The first-order chi connectivity index (χ1) is 14.6. The van der Waals surface area contributed by atoms with E-state index in [4.69, 9.17) is 9.47 Å². The molecule has 196 valence electrons. The van der Waals surface area contributed by atoms with Crippen LogP contribution in [-0.2, 0) is 9.47 Å². The predicted octanol–water partition coefficient (Wildman–Crippen LogP) is 9.80. The Hall–Kier alpha value is -0.0800.